The molecule has 5 heterocycles. The molecule has 0 saturated carbocycles. The van der Waals surface area contributed by atoms with Gasteiger partial charge in [-0.05, 0) is 119 Å². The number of amides is 5. The van der Waals surface area contributed by atoms with Crippen molar-refractivity contribution in [2.45, 2.75) is 76.9 Å². The number of hydrogen-bond acceptors (Lipinski definition) is 10. The second kappa shape index (κ2) is 19.2. The van der Waals surface area contributed by atoms with Crippen LogP contribution in [-0.2, 0) is 20.6 Å². The summed E-state index contributed by atoms with van der Waals surface area (Å²) in [6, 6.07) is 6.68. The summed E-state index contributed by atoms with van der Waals surface area (Å²) in [5, 5.41) is 14.1. The van der Waals surface area contributed by atoms with Crippen molar-refractivity contribution < 1.29 is 41.5 Å². The predicted molar refractivity (Wildman–Crippen MR) is 223 cm³/mol. The summed E-state index contributed by atoms with van der Waals surface area (Å²) >= 11 is 0. The molecule has 5 amide bonds. The highest BCUT2D eigenvalue weighted by Gasteiger charge is 2.44. The Morgan fingerprint density at radius 3 is 2.21 bits per heavy atom. The van der Waals surface area contributed by atoms with Gasteiger partial charge in [-0.1, -0.05) is 19.4 Å². The number of carbonyl (C=O) groups is 5. The molecule has 3 fully saturated rings. The van der Waals surface area contributed by atoms with Crippen molar-refractivity contribution in [3.05, 3.63) is 70.6 Å². The fourth-order valence-corrected chi connectivity index (χ4v) is 9.63. The van der Waals surface area contributed by atoms with Crippen LogP contribution in [0.5, 0.6) is 0 Å². The van der Waals surface area contributed by atoms with Gasteiger partial charge < -0.3 is 20.0 Å². The van der Waals surface area contributed by atoms with Crippen LogP contribution in [0.2, 0.25) is 0 Å². The third kappa shape index (κ3) is 9.85. The normalized spacial score (nSPS) is 21.1. The van der Waals surface area contributed by atoms with E-state index < -0.39 is 46.9 Å². The minimum Gasteiger partial charge on any atom is -0.371 e. The van der Waals surface area contributed by atoms with Crippen molar-refractivity contribution in [2.75, 3.05) is 62.2 Å². The van der Waals surface area contributed by atoms with Gasteiger partial charge in [0.1, 0.15) is 17.7 Å². The zero-order chi connectivity index (χ0) is 44.1. The van der Waals surface area contributed by atoms with Crippen molar-refractivity contribution in [1.29, 1.82) is 5.26 Å². The molecule has 2 aromatic rings. The van der Waals surface area contributed by atoms with Crippen LogP contribution in [0.3, 0.4) is 0 Å². The molecule has 5 aliphatic rings. The quantitative estimate of drug-likeness (QED) is 0.156. The minimum absolute atomic E-state index is 0.0591. The van der Waals surface area contributed by atoms with Gasteiger partial charge >= 0.3 is 6.18 Å². The molecule has 0 aliphatic carbocycles. The summed E-state index contributed by atoms with van der Waals surface area (Å²) in [6.07, 6.45) is 6.09. The van der Waals surface area contributed by atoms with Gasteiger partial charge in [0, 0.05) is 50.9 Å². The maximum atomic E-state index is 15.5. The van der Waals surface area contributed by atoms with E-state index >= 15 is 4.39 Å². The highest BCUT2D eigenvalue weighted by molar-refractivity contribution is 6.23. The molecule has 330 valence electrons. The van der Waals surface area contributed by atoms with E-state index in [2.05, 4.69) is 21.3 Å². The number of nitrogens with zero attached hydrogens (tertiary/aromatic N) is 6. The first kappa shape index (κ1) is 44.4. The van der Waals surface area contributed by atoms with Crippen LogP contribution in [-0.4, -0.2) is 104 Å². The number of benzene rings is 2. The molecule has 0 aromatic heterocycles. The number of dihydropyridines is 1. The average Bonchev–Trinajstić information content (AvgIpc) is 3.50. The van der Waals surface area contributed by atoms with Crippen LogP contribution in [0.1, 0.15) is 96.6 Å². The van der Waals surface area contributed by atoms with Gasteiger partial charge in [-0.25, -0.2) is 4.39 Å². The topological polar surface area (TPSA) is 159 Å². The van der Waals surface area contributed by atoms with E-state index in [1.165, 1.54) is 18.2 Å². The van der Waals surface area contributed by atoms with Gasteiger partial charge in [0.25, 0.3) is 11.8 Å². The first-order chi connectivity index (χ1) is 29.8. The number of nitrogens with one attached hydrogen (secondary N) is 2. The zero-order valence-electron chi connectivity index (χ0n) is 34.8. The number of fused-ring (bicyclic) bond motifs is 1. The average molecular weight is 861 g/mol. The van der Waals surface area contributed by atoms with Crippen LogP contribution >= 0.6 is 0 Å². The van der Waals surface area contributed by atoms with E-state index in [9.17, 15) is 37.1 Å². The summed E-state index contributed by atoms with van der Waals surface area (Å²) in [6.45, 7) is 7.39. The van der Waals surface area contributed by atoms with Crippen molar-refractivity contribution in [1.82, 2.24) is 20.4 Å². The molecule has 0 bridgehead atoms. The van der Waals surface area contributed by atoms with E-state index in [0.717, 1.165) is 68.8 Å². The number of piperidine rings is 3. The number of imide groups is 2. The zero-order valence-corrected chi connectivity index (χ0v) is 34.8. The molecule has 2 unspecified atom stereocenters. The van der Waals surface area contributed by atoms with Crippen LogP contribution in [0.15, 0.2) is 47.5 Å². The first-order valence-corrected chi connectivity index (χ1v) is 21.6. The number of nitriles is 1. The van der Waals surface area contributed by atoms with Crippen LogP contribution in [0.4, 0.5) is 28.9 Å². The summed E-state index contributed by atoms with van der Waals surface area (Å²) < 4.78 is 55.9. The van der Waals surface area contributed by atoms with E-state index in [4.69, 9.17) is 5.26 Å². The smallest absolute Gasteiger partial charge is 0.371 e. The highest BCUT2D eigenvalue weighted by atomic mass is 19.4. The molecule has 2 N–H and O–H groups in total. The Kier molecular flexibility index (Phi) is 13.7. The summed E-state index contributed by atoms with van der Waals surface area (Å²) in [7, 11) is 0. The fraction of sp³-hybridized carbons (Fsp3) is 0.533. The molecule has 2 atom stereocenters. The Balaban J connectivity index is 0.812. The van der Waals surface area contributed by atoms with Crippen molar-refractivity contribution >= 4 is 47.2 Å². The van der Waals surface area contributed by atoms with Gasteiger partial charge in [0.15, 0.2) is 0 Å². The minimum atomic E-state index is -4.63. The lowest BCUT2D eigenvalue weighted by Gasteiger charge is -2.39. The van der Waals surface area contributed by atoms with Gasteiger partial charge in [-0.2, -0.15) is 18.4 Å². The van der Waals surface area contributed by atoms with E-state index in [1.54, 1.807) is 13.0 Å². The maximum Gasteiger partial charge on any atom is 0.417 e. The number of alkyl halides is 3. The lowest BCUT2D eigenvalue weighted by molar-refractivity contribution is -0.137. The number of amidine groups is 1. The Morgan fingerprint density at radius 2 is 1.60 bits per heavy atom. The standard InChI is InChI=1S/C45H52F4N8O5/c1-2-3-38(42(60)52-27-58)57-43(61)34-22-37(46)39(23-35(34)44(57)62)56-16-10-29(11-17-56)26-54-14-8-28(9-15-54)20-30-4-7-40(51-25-30)53-41(59)31-12-18-55(19-13-31)33-6-5-32(24-50)36(21-33)45(47,48)49/h4-7,21-23,27-31,38H,2-3,8-20,25-26H2,1H3,(H,51,53,59)(H,52,58,60). The Labute approximate surface area is 358 Å². The van der Waals surface area contributed by atoms with Gasteiger partial charge in [0.2, 0.25) is 18.2 Å². The van der Waals surface area contributed by atoms with Crippen molar-refractivity contribution in [3.8, 4) is 6.07 Å². The van der Waals surface area contributed by atoms with Crippen LogP contribution in [0.25, 0.3) is 0 Å². The number of carbonyl (C=O) groups excluding carboxylic acids is 5. The molecule has 3 saturated heterocycles. The first-order valence-electron chi connectivity index (χ1n) is 21.6. The van der Waals surface area contributed by atoms with Gasteiger partial charge in [0.05, 0.1) is 34.0 Å². The molecular weight excluding hydrogens is 809 g/mol. The fourth-order valence-electron chi connectivity index (χ4n) is 9.63. The largest absolute Gasteiger partial charge is 0.417 e. The Bertz CT molecular complexity index is 2150. The molecular formula is C45H52F4N8O5. The molecule has 17 heteroatoms. The summed E-state index contributed by atoms with van der Waals surface area (Å²) in [5.74, 6) is -1.37. The monoisotopic (exact) mass is 860 g/mol. The SMILES string of the molecule is CCCC(C(=O)NC=O)N1C(=O)c2cc(F)c(N3CCC(CN4CCC(CC5C=CC(NC(=O)C6CCN(c7ccc(C#N)c(C(F)(F)F)c7)CC6)=NC5)CC4)CC3)cc2C1=O. The number of halogens is 4. The van der Waals surface area contributed by atoms with Crippen molar-refractivity contribution in [2.24, 2.45) is 28.7 Å². The molecule has 13 nitrogen and oxygen atoms in total. The van der Waals surface area contributed by atoms with E-state index in [0.29, 0.717) is 75.3 Å². The summed E-state index contributed by atoms with van der Waals surface area (Å²) in [4.78, 5) is 74.9. The van der Waals surface area contributed by atoms with Crippen molar-refractivity contribution in [3.63, 3.8) is 0 Å². The molecule has 7 rings (SSSR count). The van der Waals surface area contributed by atoms with E-state index in [-0.39, 0.29) is 47.4 Å². The number of anilines is 2. The number of aliphatic imine (C=N–C) groups is 1. The lowest BCUT2D eigenvalue weighted by Crippen LogP contribution is -2.49. The van der Waals surface area contributed by atoms with Crippen LogP contribution < -0.4 is 20.4 Å². The molecule has 62 heavy (non-hydrogen) atoms. The predicted octanol–water partition coefficient (Wildman–Crippen LogP) is 5.69. The Morgan fingerprint density at radius 1 is 0.935 bits per heavy atom. The molecule has 5 aliphatic heterocycles. The highest BCUT2D eigenvalue weighted by Crippen LogP contribution is 2.37. The number of rotatable bonds is 12. The Hall–Kier alpha value is -5.63. The van der Waals surface area contributed by atoms with Gasteiger partial charge in [-0.15, -0.1) is 0 Å². The number of hydrogen-bond donors (Lipinski definition) is 2. The third-order valence-electron chi connectivity index (χ3n) is 13.1. The third-order valence-corrected chi connectivity index (χ3v) is 13.1. The molecule has 2 aromatic carbocycles. The second-order valence-electron chi connectivity index (χ2n) is 17.1. The number of likely N-dealkylation sites (tertiary alicyclic amines) is 1. The van der Waals surface area contributed by atoms with Gasteiger partial charge in [-0.3, -0.25) is 39.2 Å². The summed E-state index contributed by atoms with van der Waals surface area (Å²) in [5.41, 5.74) is -0.743. The van der Waals surface area contributed by atoms with E-state index in [1.807, 2.05) is 21.2 Å². The lowest BCUT2D eigenvalue weighted by atomic mass is 9.85. The molecule has 0 radical (unpaired) electrons. The van der Waals surface area contributed by atoms with Crippen LogP contribution in [0, 0.1) is 40.8 Å². The molecule has 0 spiro atoms. The maximum absolute atomic E-state index is 15.5. The second-order valence-corrected chi connectivity index (χ2v) is 17.1.